The van der Waals surface area contributed by atoms with Crippen LogP contribution in [-0.2, 0) is 11.8 Å². The molecular formula is C14H24N4O. The van der Waals surface area contributed by atoms with E-state index >= 15 is 0 Å². The number of carbonyl (C=O) groups is 1. The first-order chi connectivity index (χ1) is 8.93. The Morgan fingerprint density at radius 1 is 1.47 bits per heavy atom. The second-order valence-corrected chi connectivity index (χ2v) is 5.51. The Kier molecular flexibility index (Phi) is 3.94. The van der Waals surface area contributed by atoms with Crippen LogP contribution in [0.2, 0.25) is 0 Å². The van der Waals surface area contributed by atoms with Gasteiger partial charge in [-0.1, -0.05) is 0 Å². The van der Waals surface area contributed by atoms with E-state index in [2.05, 4.69) is 17.3 Å². The van der Waals surface area contributed by atoms with Crippen molar-refractivity contribution in [1.29, 1.82) is 0 Å². The van der Waals surface area contributed by atoms with Crippen molar-refractivity contribution in [2.75, 3.05) is 19.6 Å². The fraction of sp³-hybridized carbons (Fsp3) is 0.714. The molecule has 0 radical (unpaired) electrons. The number of aryl methyl sites for hydroxylation is 2. The number of carbonyl (C=O) groups excluding carboxylic acids is 1. The van der Waals surface area contributed by atoms with E-state index in [-0.39, 0.29) is 17.9 Å². The maximum Gasteiger partial charge on any atom is 0.230 e. The first kappa shape index (κ1) is 14.1. The van der Waals surface area contributed by atoms with Gasteiger partial charge in [-0.05, 0) is 27.7 Å². The molecule has 5 nitrogen and oxygen atoms in total. The summed E-state index contributed by atoms with van der Waals surface area (Å²) in [5.41, 5.74) is 3.13. The van der Waals surface area contributed by atoms with Gasteiger partial charge in [0, 0.05) is 44.0 Å². The van der Waals surface area contributed by atoms with E-state index in [1.807, 2.05) is 37.4 Å². The molecule has 1 unspecified atom stereocenters. The topological polar surface area (TPSA) is 50.2 Å². The molecule has 19 heavy (non-hydrogen) atoms. The summed E-state index contributed by atoms with van der Waals surface area (Å²) in [4.78, 5) is 14.7. The van der Waals surface area contributed by atoms with Crippen molar-refractivity contribution >= 4 is 5.91 Å². The van der Waals surface area contributed by atoms with E-state index in [0.29, 0.717) is 0 Å². The summed E-state index contributed by atoms with van der Waals surface area (Å²) in [7, 11) is 1.93. The zero-order valence-electron chi connectivity index (χ0n) is 12.5. The monoisotopic (exact) mass is 264 g/mol. The molecule has 0 spiro atoms. The second kappa shape index (κ2) is 5.33. The zero-order chi connectivity index (χ0) is 14.2. The van der Waals surface area contributed by atoms with Gasteiger partial charge >= 0.3 is 0 Å². The third kappa shape index (κ3) is 2.52. The standard InChI is InChI=1S/C14H24N4O/c1-9-8-15-6-7-18(9)14(19)10(2)13-11(3)16-17(5)12(13)4/h9-10,15H,6-8H2,1-5H3/t9-,10?/m1/s1. The Hall–Kier alpha value is -1.36. The van der Waals surface area contributed by atoms with Gasteiger partial charge in [-0.25, -0.2) is 0 Å². The SMILES string of the molecule is Cc1nn(C)c(C)c1C(C)C(=O)N1CCNC[C@H]1C. The molecule has 1 aromatic rings. The minimum atomic E-state index is -0.116. The number of aromatic nitrogens is 2. The van der Waals surface area contributed by atoms with Gasteiger partial charge in [0.15, 0.2) is 0 Å². The fourth-order valence-corrected chi connectivity index (χ4v) is 2.96. The second-order valence-electron chi connectivity index (χ2n) is 5.51. The molecule has 5 heteroatoms. The molecule has 1 N–H and O–H groups in total. The van der Waals surface area contributed by atoms with E-state index in [0.717, 1.165) is 36.6 Å². The molecule has 1 fully saturated rings. The maximum absolute atomic E-state index is 12.7. The quantitative estimate of drug-likeness (QED) is 0.865. The van der Waals surface area contributed by atoms with Crippen LogP contribution in [-0.4, -0.2) is 46.3 Å². The first-order valence-electron chi connectivity index (χ1n) is 6.94. The lowest BCUT2D eigenvalue weighted by Crippen LogP contribution is -2.53. The summed E-state index contributed by atoms with van der Waals surface area (Å²) in [6, 6.07) is 0.265. The molecule has 106 valence electrons. The molecule has 2 rings (SSSR count). The third-order valence-corrected chi connectivity index (χ3v) is 4.15. The van der Waals surface area contributed by atoms with Crippen LogP contribution in [0.3, 0.4) is 0 Å². The van der Waals surface area contributed by atoms with Crippen LogP contribution in [0.15, 0.2) is 0 Å². The van der Waals surface area contributed by atoms with Crippen LogP contribution in [0.1, 0.15) is 36.7 Å². The highest BCUT2D eigenvalue weighted by molar-refractivity contribution is 5.84. The summed E-state index contributed by atoms with van der Waals surface area (Å²) in [6.07, 6.45) is 0. The van der Waals surface area contributed by atoms with Crippen molar-refractivity contribution in [2.45, 2.75) is 39.7 Å². The highest BCUT2D eigenvalue weighted by Crippen LogP contribution is 2.25. The summed E-state index contributed by atoms with van der Waals surface area (Å²) in [5.74, 6) is 0.0995. The molecule has 2 atom stereocenters. The van der Waals surface area contributed by atoms with E-state index in [4.69, 9.17) is 0 Å². The minimum absolute atomic E-state index is 0.116. The Morgan fingerprint density at radius 2 is 2.16 bits per heavy atom. The average Bonchev–Trinajstić information content (AvgIpc) is 2.62. The van der Waals surface area contributed by atoms with Crippen LogP contribution in [0.5, 0.6) is 0 Å². The molecule has 0 bridgehead atoms. The van der Waals surface area contributed by atoms with Gasteiger partial charge in [-0.3, -0.25) is 9.48 Å². The van der Waals surface area contributed by atoms with Crippen molar-refractivity contribution < 1.29 is 4.79 Å². The van der Waals surface area contributed by atoms with E-state index in [1.54, 1.807) is 0 Å². The average molecular weight is 264 g/mol. The Morgan fingerprint density at radius 3 is 2.68 bits per heavy atom. The first-order valence-corrected chi connectivity index (χ1v) is 6.94. The van der Waals surface area contributed by atoms with Gasteiger partial charge in [0.1, 0.15) is 0 Å². The molecule has 1 aliphatic rings. The van der Waals surface area contributed by atoms with Gasteiger partial charge in [-0.15, -0.1) is 0 Å². The predicted molar refractivity (Wildman–Crippen MR) is 75.1 cm³/mol. The van der Waals surface area contributed by atoms with Gasteiger partial charge in [0.05, 0.1) is 11.6 Å². The third-order valence-electron chi connectivity index (χ3n) is 4.15. The number of hydrogen-bond acceptors (Lipinski definition) is 3. The number of rotatable bonds is 2. The minimum Gasteiger partial charge on any atom is -0.337 e. The number of hydrogen-bond donors (Lipinski definition) is 1. The molecule has 0 aromatic carbocycles. The van der Waals surface area contributed by atoms with Crippen LogP contribution < -0.4 is 5.32 Å². The van der Waals surface area contributed by atoms with E-state index < -0.39 is 0 Å². The summed E-state index contributed by atoms with van der Waals surface area (Å²) in [5, 5.41) is 7.73. The predicted octanol–water partition coefficient (Wildman–Crippen LogP) is 0.961. The van der Waals surface area contributed by atoms with Gasteiger partial charge in [-0.2, -0.15) is 5.10 Å². The molecule has 1 amide bonds. The number of amides is 1. The Bertz CT molecular complexity index is 480. The maximum atomic E-state index is 12.7. The van der Waals surface area contributed by atoms with Crippen molar-refractivity contribution in [2.24, 2.45) is 7.05 Å². The number of piperazine rings is 1. The molecule has 1 saturated heterocycles. The highest BCUT2D eigenvalue weighted by Gasteiger charge is 2.30. The zero-order valence-corrected chi connectivity index (χ0v) is 12.5. The van der Waals surface area contributed by atoms with Crippen LogP contribution in [0, 0.1) is 13.8 Å². The molecular weight excluding hydrogens is 240 g/mol. The van der Waals surface area contributed by atoms with Crippen molar-refractivity contribution in [3.63, 3.8) is 0 Å². The van der Waals surface area contributed by atoms with Crippen molar-refractivity contribution in [3.8, 4) is 0 Å². The summed E-state index contributed by atoms with van der Waals surface area (Å²) in [6.45, 7) is 10.7. The van der Waals surface area contributed by atoms with Crippen molar-refractivity contribution in [3.05, 3.63) is 17.0 Å². The summed E-state index contributed by atoms with van der Waals surface area (Å²) < 4.78 is 1.86. The molecule has 1 aromatic heterocycles. The Labute approximate surface area is 115 Å². The number of nitrogens with one attached hydrogen (secondary N) is 1. The molecule has 0 saturated carbocycles. The summed E-state index contributed by atoms with van der Waals surface area (Å²) >= 11 is 0. The van der Waals surface area contributed by atoms with Gasteiger partial charge in [0.2, 0.25) is 5.91 Å². The van der Waals surface area contributed by atoms with Crippen LogP contribution >= 0.6 is 0 Å². The molecule has 2 heterocycles. The largest absolute Gasteiger partial charge is 0.337 e. The molecule has 0 aliphatic carbocycles. The van der Waals surface area contributed by atoms with Gasteiger partial charge in [0.25, 0.3) is 0 Å². The van der Waals surface area contributed by atoms with Crippen LogP contribution in [0.25, 0.3) is 0 Å². The lowest BCUT2D eigenvalue weighted by atomic mass is 9.96. The van der Waals surface area contributed by atoms with Crippen molar-refractivity contribution in [1.82, 2.24) is 20.0 Å². The van der Waals surface area contributed by atoms with Crippen LogP contribution in [0.4, 0.5) is 0 Å². The lowest BCUT2D eigenvalue weighted by molar-refractivity contribution is -0.135. The smallest absolute Gasteiger partial charge is 0.230 e. The molecule has 1 aliphatic heterocycles. The number of nitrogens with zero attached hydrogens (tertiary/aromatic N) is 3. The van der Waals surface area contributed by atoms with E-state index in [9.17, 15) is 4.79 Å². The normalized spacial score (nSPS) is 21.5. The Balaban J connectivity index is 2.23. The highest BCUT2D eigenvalue weighted by atomic mass is 16.2. The lowest BCUT2D eigenvalue weighted by Gasteiger charge is -2.35. The van der Waals surface area contributed by atoms with Gasteiger partial charge < -0.3 is 10.2 Å². The fourth-order valence-electron chi connectivity index (χ4n) is 2.96. The van der Waals surface area contributed by atoms with E-state index in [1.165, 1.54) is 0 Å².